The Morgan fingerprint density at radius 3 is 2.33 bits per heavy atom. The molecule has 1 aromatic carbocycles. The quantitative estimate of drug-likeness (QED) is 0.714. The first-order valence-electron chi connectivity index (χ1n) is 5.81. The molecule has 0 aliphatic carbocycles. The van der Waals surface area contributed by atoms with Crippen molar-refractivity contribution >= 4 is 0 Å². The fraction of sp³-hybridized carbons (Fsp3) is 0.571. The zero-order chi connectivity index (χ0) is 11.4. The monoisotopic (exact) mass is 206 g/mol. The van der Waals surface area contributed by atoms with Gasteiger partial charge in [-0.1, -0.05) is 32.9 Å². The van der Waals surface area contributed by atoms with E-state index in [9.17, 15) is 0 Å². The fourth-order valence-electron chi connectivity index (χ4n) is 1.46. The maximum Gasteiger partial charge on any atom is 0.122 e. The van der Waals surface area contributed by atoms with Crippen LogP contribution in [0.5, 0.6) is 5.75 Å². The lowest BCUT2D eigenvalue weighted by molar-refractivity contribution is 0.216. The number of aryl methyl sites for hydroxylation is 1. The molecule has 0 aliphatic heterocycles. The van der Waals surface area contributed by atoms with Gasteiger partial charge in [0, 0.05) is 0 Å². The lowest BCUT2D eigenvalue weighted by Crippen LogP contribution is -2.10. The Morgan fingerprint density at radius 2 is 1.87 bits per heavy atom. The molecule has 0 aliphatic rings. The number of benzene rings is 1. The average Bonchev–Trinajstić information content (AvgIpc) is 2.20. The summed E-state index contributed by atoms with van der Waals surface area (Å²) in [6.45, 7) is 10.8. The van der Waals surface area contributed by atoms with Crippen molar-refractivity contribution < 1.29 is 4.74 Å². The van der Waals surface area contributed by atoms with Crippen LogP contribution in [0.15, 0.2) is 18.2 Å². The summed E-state index contributed by atoms with van der Waals surface area (Å²) < 4.78 is 5.83. The van der Waals surface area contributed by atoms with E-state index in [4.69, 9.17) is 4.74 Å². The molecule has 0 spiro atoms. The molecule has 0 bridgehead atoms. The summed E-state index contributed by atoms with van der Waals surface area (Å²) in [4.78, 5) is 0. The molecular weight excluding hydrogens is 184 g/mol. The van der Waals surface area contributed by atoms with Gasteiger partial charge in [0.2, 0.25) is 0 Å². The first-order valence-corrected chi connectivity index (χ1v) is 5.81. The predicted molar refractivity (Wildman–Crippen MR) is 65.6 cm³/mol. The van der Waals surface area contributed by atoms with Crippen molar-refractivity contribution in [2.75, 3.05) is 0 Å². The number of rotatable bonds is 4. The van der Waals surface area contributed by atoms with Gasteiger partial charge >= 0.3 is 0 Å². The van der Waals surface area contributed by atoms with E-state index in [0.29, 0.717) is 12.0 Å². The highest BCUT2D eigenvalue weighted by molar-refractivity contribution is 5.37. The van der Waals surface area contributed by atoms with E-state index in [1.807, 2.05) is 0 Å². The molecule has 1 unspecified atom stereocenters. The fourth-order valence-corrected chi connectivity index (χ4v) is 1.46. The standard InChI is InChI=1S/C14H22O/c1-6-12(5)15-14-8-7-13(10(2)3)9-11(14)4/h7-10,12H,6H2,1-5H3. The van der Waals surface area contributed by atoms with Crippen LogP contribution >= 0.6 is 0 Å². The zero-order valence-electron chi connectivity index (χ0n) is 10.5. The predicted octanol–water partition coefficient (Wildman–Crippen LogP) is 4.30. The number of hydrogen-bond acceptors (Lipinski definition) is 1. The smallest absolute Gasteiger partial charge is 0.122 e. The normalized spacial score (nSPS) is 12.9. The van der Waals surface area contributed by atoms with Gasteiger partial charge in [-0.25, -0.2) is 0 Å². The molecule has 84 valence electrons. The van der Waals surface area contributed by atoms with Crippen molar-refractivity contribution in [3.05, 3.63) is 29.3 Å². The zero-order valence-corrected chi connectivity index (χ0v) is 10.5. The van der Waals surface area contributed by atoms with Gasteiger partial charge in [-0.05, 0) is 43.4 Å². The van der Waals surface area contributed by atoms with Gasteiger partial charge in [0.05, 0.1) is 6.10 Å². The molecular formula is C14H22O. The molecule has 0 radical (unpaired) electrons. The topological polar surface area (TPSA) is 9.23 Å². The van der Waals surface area contributed by atoms with Crippen LogP contribution < -0.4 is 4.74 Å². The van der Waals surface area contributed by atoms with Crippen molar-refractivity contribution in [3.8, 4) is 5.75 Å². The Bertz CT molecular complexity index is 315. The van der Waals surface area contributed by atoms with E-state index in [-0.39, 0.29) is 0 Å². The van der Waals surface area contributed by atoms with Gasteiger partial charge in [-0.15, -0.1) is 0 Å². The molecule has 0 saturated carbocycles. The maximum atomic E-state index is 5.83. The van der Waals surface area contributed by atoms with Crippen LogP contribution in [0.25, 0.3) is 0 Å². The third kappa shape index (κ3) is 3.26. The van der Waals surface area contributed by atoms with Gasteiger partial charge in [0.25, 0.3) is 0 Å². The third-order valence-electron chi connectivity index (χ3n) is 2.77. The number of ether oxygens (including phenoxy) is 1. The molecule has 0 fully saturated rings. The lowest BCUT2D eigenvalue weighted by atomic mass is 10.0. The van der Waals surface area contributed by atoms with E-state index >= 15 is 0 Å². The Morgan fingerprint density at radius 1 is 1.20 bits per heavy atom. The molecule has 1 aromatic rings. The van der Waals surface area contributed by atoms with Gasteiger partial charge in [0.15, 0.2) is 0 Å². The van der Waals surface area contributed by atoms with E-state index in [1.165, 1.54) is 11.1 Å². The second kappa shape index (κ2) is 5.20. The minimum atomic E-state index is 0.300. The molecule has 0 amide bonds. The summed E-state index contributed by atoms with van der Waals surface area (Å²) in [6.07, 6.45) is 1.35. The van der Waals surface area contributed by atoms with Crippen LogP contribution in [0.4, 0.5) is 0 Å². The summed E-state index contributed by atoms with van der Waals surface area (Å²) in [5.41, 5.74) is 2.62. The van der Waals surface area contributed by atoms with E-state index in [0.717, 1.165) is 12.2 Å². The van der Waals surface area contributed by atoms with Crippen molar-refractivity contribution in [1.82, 2.24) is 0 Å². The molecule has 0 heterocycles. The maximum absolute atomic E-state index is 5.83. The van der Waals surface area contributed by atoms with Crippen molar-refractivity contribution in [1.29, 1.82) is 0 Å². The molecule has 15 heavy (non-hydrogen) atoms. The summed E-state index contributed by atoms with van der Waals surface area (Å²) in [5.74, 6) is 1.61. The van der Waals surface area contributed by atoms with Crippen molar-refractivity contribution in [2.24, 2.45) is 0 Å². The molecule has 0 aromatic heterocycles. The summed E-state index contributed by atoms with van der Waals surface area (Å²) in [6, 6.07) is 6.48. The molecule has 1 atom stereocenters. The Balaban J connectivity index is 2.83. The van der Waals surface area contributed by atoms with Crippen LogP contribution in [-0.4, -0.2) is 6.10 Å². The van der Waals surface area contributed by atoms with E-state index in [1.54, 1.807) is 0 Å². The molecule has 0 saturated heterocycles. The highest BCUT2D eigenvalue weighted by Gasteiger charge is 2.06. The van der Waals surface area contributed by atoms with Crippen LogP contribution in [0, 0.1) is 6.92 Å². The van der Waals surface area contributed by atoms with Crippen LogP contribution in [0.2, 0.25) is 0 Å². The van der Waals surface area contributed by atoms with Crippen molar-refractivity contribution in [3.63, 3.8) is 0 Å². The Kier molecular flexibility index (Phi) is 4.19. The second-order valence-electron chi connectivity index (χ2n) is 4.52. The Labute approximate surface area is 93.5 Å². The van der Waals surface area contributed by atoms with Crippen LogP contribution in [0.3, 0.4) is 0 Å². The highest BCUT2D eigenvalue weighted by atomic mass is 16.5. The van der Waals surface area contributed by atoms with E-state index in [2.05, 4.69) is 52.8 Å². The minimum absolute atomic E-state index is 0.300. The molecule has 1 nitrogen and oxygen atoms in total. The van der Waals surface area contributed by atoms with Gasteiger partial charge in [-0.3, -0.25) is 0 Å². The first-order chi connectivity index (χ1) is 7.04. The largest absolute Gasteiger partial charge is 0.490 e. The lowest BCUT2D eigenvalue weighted by Gasteiger charge is -2.16. The second-order valence-corrected chi connectivity index (χ2v) is 4.52. The first kappa shape index (κ1) is 12.1. The molecule has 1 heteroatoms. The summed E-state index contributed by atoms with van der Waals surface area (Å²) >= 11 is 0. The van der Waals surface area contributed by atoms with Gasteiger partial charge in [0.1, 0.15) is 5.75 Å². The van der Waals surface area contributed by atoms with E-state index < -0.39 is 0 Å². The highest BCUT2D eigenvalue weighted by Crippen LogP contribution is 2.24. The summed E-state index contributed by atoms with van der Waals surface area (Å²) in [5, 5.41) is 0. The third-order valence-corrected chi connectivity index (χ3v) is 2.77. The van der Waals surface area contributed by atoms with Crippen LogP contribution in [-0.2, 0) is 0 Å². The SMILES string of the molecule is CCC(C)Oc1ccc(C(C)C)cc1C. The van der Waals surface area contributed by atoms with Crippen LogP contribution in [0.1, 0.15) is 51.2 Å². The molecule has 0 N–H and O–H groups in total. The van der Waals surface area contributed by atoms with Crippen molar-refractivity contribution in [2.45, 2.75) is 53.1 Å². The Hall–Kier alpha value is -0.980. The minimum Gasteiger partial charge on any atom is -0.490 e. The average molecular weight is 206 g/mol. The van der Waals surface area contributed by atoms with Gasteiger partial charge < -0.3 is 4.74 Å². The van der Waals surface area contributed by atoms with Gasteiger partial charge in [-0.2, -0.15) is 0 Å². The summed E-state index contributed by atoms with van der Waals surface area (Å²) in [7, 11) is 0. The molecule has 1 rings (SSSR count). The number of hydrogen-bond donors (Lipinski definition) is 0.